The summed E-state index contributed by atoms with van der Waals surface area (Å²) in [7, 11) is 0. The molecule has 2 aromatic heterocycles. The maximum Gasteiger partial charge on any atom is 0.350 e. The number of esters is 1. The van der Waals surface area contributed by atoms with Gasteiger partial charge in [-0.1, -0.05) is 41.7 Å². The quantitative estimate of drug-likeness (QED) is 0.695. The van der Waals surface area contributed by atoms with Crippen LogP contribution in [0.1, 0.15) is 27.1 Å². The van der Waals surface area contributed by atoms with Gasteiger partial charge in [0.15, 0.2) is 5.13 Å². The molecule has 1 amide bonds. The fraction of sp³-hybridized carbons (Fsp3) is 0.118. The fourth-order valence-electron chi connectivity index (χ4n) is 2.14. The number of amides is 1. The van der Waals surface area contributed by atoms with Crippen LogP contribution in [0.2, 0.25) is 0 Å². The van der Waals surface area contributed by atoms with Gasteiger partial charge in [-0.25, -0.2) is 9.78 Å². The molecule has 0 atom stereocenters. The fourth-order valence-corrected chi connectivity index (χ4v) is 3.01. The van der Waals surface area contributed by atoms with Crippen LogP contribution in [0.5, 0.6) is 0 Å². The maximum absolute atomic E-state index is 12.2. The summed E-state index contributed by atoms with van der Waals surface area (Å²) in [6.07, 6.45) is 1.66. The van der Waals surface area contributed by atoms with Crippen molar-refractivity contribution in [3.05, 3.63) is 59.2 Å². The molecular weight excluding hydrogens is 326 g/mol. The summed E-state index contributed by atoms with van der Waals surface area (Å²) in [5, 5.41) is 3.05. The van der Waals surface area contributed by atoms with Crippen molar-refractivity contribution in [1.29, 1.82) is 0 Å². The van der Waals surface area contributed by atoms with Crippen molar-refractivity contribution >= 4 is 28.3 Å². The van der Waals surface area contributed by atoms with Crippen LogP contribution in [0.3, 0.4) is 0 Å². The van der Waals surface area contributed by atoms with E-state index >= 15 is 0 Å². The van der Waals surface area contributed by atoms with Gasteiger partial charge in [0, 0.05) is 11.8 Å². The summed E-state index contributed by atoms with van der Waals surface area (Å²) in [5.74, 6) is -0.766. The number of hydrogen-bond acceptors (Lipinski definition) is 5. The molecule has 3 rings (SSSR count). The summed E-state index contributed by atoms with van der Waals surface area (Å²) in [6, 6.07) is 12.7. The van der Waals surface area contributed by atoms with Crippen LogP contribution >= 0.6 is 11.3 Å². The predicted molar refractivity (Wildman–Crippen MR) is 92.3 cm³/mol. The molecule has 0 saturated carbocycles. The van der Waals surface area contributed by atoms with Crippen LogP contribution < -0.4 is 5.32 Å². The minimum absolute atomic E-state index is 0.273. The van der Waals surface area contributed by atoms with Gasteiger partial charge in [0.25, 0.3) is 5.91 Å². The summed E-state index contributed by atoms with van der Waals surface area (Å²) in [4.78, 5) is 31.9. The second-order valence-electron chi connectivity index (χ2n) is 4.82. The summed E-state index contributed by atoms with van der Waals surface area (Å²) < 4.78 is 5.09. The zero-order chi connectivity index (χ0) is 16.9. The number of ether oxygens (including phenoxy) is 1. The molecule has 0 unspecified atom stereocenters. The Bertz CT molecular complexity index is 841. The van der Waals surface area contributed by atoms with Crippen LogP contribution in [0.25, 0.3) is 11.3 Å². The van der Waals surface area contributed by atoms with Gasteiger partial charge in [0.05, 0.1) is 12.3 Å². The minimum atomic E-state index is -0.450. The van der Waals surface area contributed by atoms with Crippen molar-refractivity contribution < 1.29 is 14.3 Å². The van der Waals surface area contributed by atoms with E-state index in [0.29, 0.717) is 21.4 Å². The van der Waals surface area contributed by atoms with E-state index in [1.165, 1.54) is 0 Å². The minimum Gasteiger partial charge on any atom is -0.462 e. The average molecular weight is 341 g/mol. The Kier molecular flexibility index (Phi) is 4.72. The normalized spacial score (nSPS) is 10.4. The standard InChI is InChI=1S/C17H15N3O3S/c1-2-23-16(22)14-13(11-7-4-3-5-8-11)19-17(24-14)20-15(21)12-9-6-10-18-12/h3-10,18H,2H2,1H3,(H,19,20,21). The summed E-state index contributed by atoms with van der Waals surface area (Å²) in [5.41, 5.74) is 1.71. The molecule has 3 aromatic rings. The number of nitrogens with one attached hydrogen (secondary N) is 2. The van der Waals surface area contributed by atoms with E-state index in [9.17, 15) is 9.59 Å². The Morgan fingerprint density at radius 3 is 2.67 bits per heavy atom. The lowest BCUT2D eigenvalue weighted by atomic mass is 10.1. The lowest BCUT2D eigenvalue weighted by Crippen LogP contribution is -2.11. The lowest BCUT2D eigenvalue weighted by molar-refractivity contribution is 0.0532. The highest BCUT2D eigenvalue weighted by atomic mass is 32.1. The van der Waals surface area contributed by atoms with E-state index in [-0.39, 0.29) is 12.5 Å². The topological polar surface area (TPSA) is 84.1 Å². The third kappa shape index (κ3) is 3.36. The molecule has 6 nitrogen and oxygen atoms in total. The van der Waals surface area contributed by atoms with E-state index in [2.05, 4.69) is 15.3 Å². The molecule has 0 aliphatic carbocycles. The molecule has 1 aromatic carbocycles. The van der Waals surface area contributed by atoms with Gasteiger partial charge in [-0.2, -0.15) is 0 Å². The van der Waals surface area contributed by atoms with Crippen molar-refractivity contribution in [2.45, 2.75) is 6.92 Å². The van der Waals surface area contributed by atoms with E-state index in [0.717, 1.165) is 16.9 Å². The first-order chi connectivity index (χ1) is 11.7. The zero-order valence-electron chi connectivity index (χ0n) is 12.9. The second kappa shape index (κ2) is 7.10. The lowest BCUT2D eigenvalue weighted by Gasteiger charge is -2.01. The number of rotatable bonds is 5. The molecular formula is C17H15N3O3S. The zero-order valence-corrected chi connectivity index (χ0v) is 13.7. The Balaban J connectivity index is 1.94. The van der Waals surface area contributed by atoms with Gasteiger partial charge in [-0.3, -0.25) is 10.1 Å². The van der Waals surface area contributed by atoms with Gasteiger partial charge in [0.2, 0.25) is 0 Å². The van der Waals surface area contributed by atoms with Gasteiger partial charge < -0.3 is 9.72 Å². The van der Waals surface area contributed by atoms with E-state index < -0.39 is 5.97 Å². The average Bonchev–Trinajstić information content (AvgIpc) is 3.26. The molecule has 0 radical (unpaired) electrons. The van der Waals surface area contributed by atoms with Gasteiger partial charge in [-0.15, -0.1) is 0 Å². The van der Waals surface area contributed by atoms with Crippen LogP contribution in [0.4, 0.5) is 5.13 Å². The molecule has 0 saturated heterocycles. The molecule has 24 heavy (non-hydrogen) atoms. The Morgan fingerprint density at radius 1 is 1.21 bits per heavy atom. The molecule has 0 spiro atoms. The number of carbonyl (C=O) groups is 2. The number of thiazole rings is 1. The third-order valence-corrected chi connectivity index (χ3v) is 4.15. The van der Waals surface area contributed by atoms with Gasteiger partial charge in [-0.05, 0) is 19.1 Å². The van der Waals surface area contributed by atoms with Gasteiger partial charge >= 0.3 is 5.97 Å². The number of nitrogens with zero attached hydrogens (tertiary/aromatic N) is 1. The number of aromatic nitrogens is 2. The Hall–Kier alpha value is -2.93. The highest BCUT2D eigenvalue weighted by molar-refractivity contribution is 7.18. The number of H-pyrrole nitrogens is 1. The smallest absolute Gasteiger partial charge is 0.350 e. The van der Waals surface area contributed by atoms with Crippen LogP contribution in [-0.2, 0) is 4.74 Å². The van der Waals surface area contributed by atoms with Crippen molar-refractivity contribution in [2.75, 3.05) is 11.9 Å². The van der Waals surface area contributed by atoms with Crippen LogP contribution in [0.15, 0.2) is 48.7 Å². The maximum atomic E-state index is 12.2. The van der Waals surface area contributed by atoms with Crippen molar-refractivity contribution in [3.8, 4) is 11.3 Å². The Morgan fingerprint density at radius 2 is 2.00 bits per heavy atom. The second-order valence-corrected chi connectivity index (χ2v) is 5.82. The molecule has 0 aliphatic heterocycles. The molecule has 2 heterocycles. The molecule has 2 N–H and O–H groups in total. The highest BCUT2D eigenvalue weighted by Gasteiger charge is 2.21. The van der Waals surface area contributed by atoms with Crippen molar-refractivity contribution in [1.82, 2.24) is 9.97 Å². The molecule has 0 aliphatic rings. The SMILES string of the molecule is CCOC(=O)c1sc(NC(=O)c2ccc[nH]2)nc1-c1ccccc1. The summed E-state index contributed by atoms with van der Waals surface area (Å²) in [6.45, 7) is 2.02. The highest BCUT2D eigenvalue weighted by Crippen LogP contribution is 2.32. The van der Waals surface area contributed by atoms with Crippen molar-refractivity contribution in [2.24, 2.45) is 0 Å². The van der Waals surface area contributed by atoms with Crippen LogP contribution in [0, 0.1) is 0 Å². The number of aromatic amines is 1. The first-order valence-corrected chi connectivity index (χ1v) is 8.18. The van der Waals surface area contributed by atoms with Gasteiger partial charge in [0.1, 0.15) is 10.6 Å². The van der Waals surface area contributed by atoms with Crippen LogP contribution in [-0.4, -0.2) is 28.5 Å². The number of hydrogen-bond donors (Lipinski definition) is 2. The number of carbonyl (C=O) groups excluding carboxylic acids is 2. The number of benzene rings is 1. The largest absolute Gasteiger partial charge is 0.462 e. The van der Waals surface area contributed by atoms with E-state index in [1.54, 1.807) is 25.3 Å². The van der Waals surface area contributed by atoms with E-state index in [1.807, 2.05) is 30.3 Å². The third-order valence-electron chi connectivity index (χ3n) is 3.20. The molecule has 7 heteroatoms. The first-order valence-electron chi connectivity index (χ1n) is 7.37. The first kappa shape index (κ1) is 15.9. The molecule has 0 fully saturated rings. The van der Waals surface area contributed by atoms with Crippen molar-refractivity contribution in [3.63, 3.8) is 0 Å². The summed E-state index contributed by atoms with van der Waals surface area (Å²) >= 11 is 1.10. The molecule has 122 valence electrons. The monoisotopic (exact) mass is 341 g/mol. The number of anilines is 1. The predicted octanol–water partition coefficient (Wildman–Crippen LogP) is 3.57. The Labute approximate surface area is 142 Å². The van der Waals surface area contributed by atoms with E-state index in [4.69, 9.17) is 4.74 Å². The molecule has 0 bridgehead atoms.